The molecule has 0 unspecified atom stereocenters. The third-order valence-corrected chi connectivity index (χ3v) is 5.75. The van der Waals surface area contributed by atoms with Crippen molar-refractivity contribution in [1.82, 2.24) is 0 Å². The zero-order chi connectivity index (χ0) is 18.6. The lowest BCUT2D eigenvalue weighted by Gasteiger charge is -2.33. The molecule has 0 amide bonds. The predicted molar refractivity (Wildman–Crippen MR) is 108 cm³/mol. The number of ketones is 1. The Morgan fingerprint density at radius 1 is 0.708 bits per heavy atom. The van der Waals surface area contributed by atoms with E-state index in [4.69, 9.17) is 0 Å². The second-order valence-electron chi connectivity index (χ2n) is 9.72. The lowest BCUT2D eigenvalue weighted by molar-refractivity contribution is -0.119. The zero-order valence-electron chi connectivity index (χ0n) is 18.0. The van der Waals surface area contributed by atoms with Crippen LogP contribution in [-0.2, 0) is 4.79 Å². The fraction of sp³-hybridized carbons (Fsp3) is 0.957. The molecular formula is C23H46O. The van der Waals surface area contributed by atoms with Crippen molar-refractivity contribution in [2.45, 2.75) is 126 Å². The molecule has 0 rings (SSSR count). The first-order valence-corrected chi connectivity index (χ1v) is 10.6. The summed E-state index contributed by atoms with van der Waals surface area (Å²) in [5.41, 5.74) is 0.896. The largest absolute Gasteiger partial charge is 0.300 e. The van der Waals surface area contributed by atoms with Crippen LogP contribution in [0.3, 0.4) is 0 Å². The van der Waals surface area contributed by atoms with Gasteiger partial charge >= 0.3 is 0 Å². The van der Waals surface area contributed by atoms with Crippen LogP contribution in [0.5, 0.6) is 0 Å². The Morgan fingerprint density at radius 3 is 1.58 bits per heavy atom. The van der Waals surface area contributed by atoms with E-state index in [1.165, 1.54) is 51.4 Å². The molecule has 0 aromatic rings. The van der Waals surface area contributed by atoms with Gasteiger partial charge in [-0.15, -0.1) is 0 Å². The molecule has 0 heterocycles. The minimum absolute atomic E-state index is 0.437. The van der Waals surface area contributed by atoms with E-state index in [0.717, 1.165) is 31.6 Å². The topological polar surface area (TPSA) is 17.1 Å². The molecule has 0 atom stereocenters. The van der Waals surface area contributed by atoms with E-state index in [2.05, 4.69) is 48.5 Å². The first-order valence-electron chi connectivity index (χ1n) is 10.6. The standard InChI is InChI=1S/C23H46O/c1-8-20(9-2)23(6,7)19-15-11-13-17-21(24)16-12-10-14-18-22(3,4)5/h20H,8-19H2,1-7H3. The van der Waals surface area contributed by atoms with Crippen molar-refractivity contribution in [2.24, 2.45) is 16.7 Å². The molecule has 0 saturated heterocycles. The highest BCUT2D eigenvalue weighted by Crippen LogP contribution is 2.36. The summed E-state index contributed by atoms with van der Waals surface area (Å²) in [6.45, 7) is 16.4. The van der Waals surface area contributed by atoms with Gasteiger partial charge in [-0.25, -0.2) is 0 Å². The first kappa shape index (κ1) is 23.7. The average Bonchev–Trinajstić information content (AvgIpc) is 2.46. The molecule has 0 aromatic carbocycles. The summed E-state index contributed by atoms with van der Waals surface area (Å²) in [6, 6.07) is 0. The summed E-state index contributed by atoms with van der Waals surface area (Å²) < 4.78 is 0. The minimum Gasteiger partial charge on any atom is -0.300 e. The van der Waals surface area contributed by atoms with Gasteiger partial charge in [0.1, 0.15) is 5.78 Å². The number of unbranched alkanes of at least 4 members (excludes halogenated alkanes) is 4. The Morgan fingerprint density at radius 2 is 1.17 bits per heavy atom. The van der Waals surface area contributed by atoms with Crippen molar-refractivity contribution < 1.29 is 4.79 Å². The van der Waals surface area contributed by atoms with E-state index in [1.54, 1.807) is 0 Å². The van der Waals surface area contributed by atoms with Crippen molar-refractivity contribution in [2.75, 3.05) is 0 Å². The fourth-order valence-electron chi connectivity index (χ4n) is 3.96. The molecule has 0 radical (unpaired) electrons. The smallest absolute Gasteiger partial charge is 0.132 e. The molecule has 0 aliphatic rings. The van der Waals surface area contributed by atoms with Crippen molar-refractivity contribution in [1.29, 1.82) is 0 Å². The zero-order valence-corrected chi connectivity index (χ0v) is 18.0. The van der Waals surface area contributed by atoms with Crippen molar-refractivity contribution in [3.8, 4) is 0 Å². The summed E-state index contributed by atoms with van der Waals surface area (Å²) in [6.07, 6.45) is 13.9. The van der Waals surface area contributed by atoms with Crippen molar-refractivity contribution in [3.63, 3.8) is 0 Å². The van der Waals surface area contributed by atoms with Crippen molar-refractivity contribution >= 4 is 5.78 Å². The normalized spacial score (nSPS) is 12.8. The number of rotatable bonds is 14. The average molecular weight is 339 g/mol. The quantitative estimate of drug-likeness (QED) is 0.293. The molecule has 0 saturated carbocycles. The number of carbonyl (C=O) groups is 1. The van der Waals surface area contributed by atoms with E-state index >= 15 is 0 Å². The monoisotopic (exact) mass is 338 g/mol. The lowest BCUT2D eigenvalue weighted by atomic mass is 9.72. The molecule has 0 N–H and O–H groups in total. The van der Waals surface area contributed by atoms with E-state index < -0.39 is 0 Å². The van der Waals surface area contributed by atoms with Crippen LogP contribution < -0.4 is 0 Å². The fourth-order valence-corrected chi connectivity index (χ4v) is 3.96. The van der Waals surface area contributed by atoms with Crippen LogP contribution in [0.2, 0.25) is 0 Å². The number of Topliss-reactive ketones (excluding diaryl/α,β-unsaturated/α-hetero) is 1. The molecule has 0 bridgehead atoms. The Labute approximate surface area is 153 Å². The van der Waals surface area contributed by atoms with Crippen LogP contribution in [-0.4, -0.2) is 5.78 Å². The molecule has 1 nitrogen and oxygen atoms in total. The van der Waals surface area contributed by atoms with Gasteiger partial charge in [0.05, 0.1) is 0 Å². The summed E-state index contributed by atoms with van der Waals surface area (Å²) >= 11 is 0. The Hall–Kier alpha value is -0.330. The van der Waals surface area contributed by atoms with Gasteiger partial charge in [-0.1, -0.05) is 87.0 Å². The molecular weight excluding hydrogens is 292 g/mol. The maximum Gasteiger partial charge on any atom is 0.132 e. The molecule has 0 fully saturated rings. The van der Waals surface area contributed by atoms with Crippen LogP contribution in [0.4, 0.5) is 0 Å². The van der Waals surface area contributed by atoms with Gasteiger partial charge in [0.15, 0.2) is 0 Å². The van der Waals surface area contributed by atoms with E-state index in [1.807, 2.05) is 0 Å². The van der Waals surface area contributed by atoms with Gasteiger partial charge in [-0.2, -0.15) is 0 Å². The van der Waals surface area contributed by atoms with E-state index in [0.29, 0.717) is 16.6 Å². The molecule has 0 aromatic heterocycles. The highest BCUT2D eigenvalue weighted by Gasteiger charge is 2.25. The molecule has 1 heteroatoms. The molecule has 144 valence electrons. The van der Waals surface area contributed by atoms with Crippen molar-refractivity contribution in [3.05, 3.63) is 0 Å². The van der Waals surface area contributed by atoms with Gasteiger partial charge in [-0.05, 0) is 42.4 Å². The molecule has 0 aliphatic carbocycles. The first-order chi connectivity index (χ1) is 11.1. The van der Waals surface area contributed by atoms with Crippen LogP contribution in [0.15, 0.2) is 0 Å². The van der Waals surface area contributed by atoms with Crippen LogP contribution in [0.1, 0.15) is 126 Å². The van der Waals surface area contributed by atoms with Gasteiger partial charge in [0.25, 0.3) is 0 Å². The number of hydrogen-bond acceptors (Lipinski definition) is 1. The Balaban J connectivity index is 3.65. The molecule has 24 heavy (non-hydrogen) atoms. The third-order valence-electron chi connectivity index (χ3n) is 5.75. The second kappa shape index (κ2) is 12.1. The van der Waals surface area contributed by atoms with E-state index in [9.17, 15) is 4.79 Å². The molecule has 0 spiro atoms. The third kappa shape index (κ3) is 12.1. The highest BCUT2D eigenvalue weighted by molar-refractivity contribution is 5.78. The predicted octanol–water partition coefficient (Wildman–Crippen LogP) is 7.97. The van der Waals surface area contributed by atoms with Gasteiger partial charge in [0, 0.05) is 12.8 Å². The minimum atomic E-state index is 0.437. The van der Waals surface area contributed by atoms with Crippen LogP contribution in [0.25, 0.3) is 0 Å². The summed E-state index contributed by atoms with van der Waals surface area (Å²) in [4.78, 5) is 12.0. The lowest BCUT2D eigenvalue weighted by Crippen LogP contribution is -2.23. The van der Waals surface area contributed by atoms with E-state index in [-0.39, 0.29) is 0 Å². The maximum atomic E-state index is 12.0. The SMILES string of the molecule is CCC(CC)C(C)(C)CCCCCC(=O)CCCCCC(C)(C)C. The van der Waals surface area contributed by atoms with Crippen LogP contribution in [0, 0.1) is 16.7 Å². The van der Waals surface area contributed by atoms with Gasteiger partial charge in [-0.3, -0.25) is 4.79 Å². The van der Waals surface area contributed by atoms with Crippen LogP contribution >= 0.6 is 0 Å². The van der Waals surface area contributed by atoms with Gasteiger partial charge < -0.3 is 0 Å². The Kier molecular flexibility index (Phi) is 11.9. The molecule has 0 aliphatic heterocycles. The Bertz CT molecular complexity index is 317. The number of hydrogen-bond donors (Lipinski definition) is 0. The highest BCUT2D eigenvalue weighted by atomic mass is 16.1. The maximum absolute atomic E-state index is 12.0. The summed E-state index contributed by atoms with van der Waals surface area (Å²) in [5, 5.41) is 0. The van der Waals surface area contributed by atoms with Gasteiger partial charge in [0.2, 0.25) is 0 Å². The second-order valence-corrected chi connectivity index (χ2v) is 9.72. The number of carbonyl (C=O) groups excluding carboxylic acids is 1. The summed E-state index contributed by atoms with van der Waals surface area (Å²) in [7, 11) is 0. The summed E-state index contributed by atoms with van der Waals surface area (Å²) in [5.74, 6) is 1.33.